The summed E-state index contributed by atoms with van der Waals surface area (Å²) in [5.41, 5.74) is 0. The van der Waals surface area contributed by atoms with Crippen molar-refractivity contribution in [3.05, 3.63) is 6.92 Å². The van der Waals surface area contributed by atoms with E-state index in [2.05, 4.69) is 20.8 Å². The first-order chi connectivity index (χ1) is 3.85. The Kier molecular flexibility index (Phi) is 5.73. The van der Waals surface area contributed by atoms with Crippen molar-refractivity contribution in [2.45, 2.75) is 31.9 Å². The lowest BCUT2D eigenvalue weighted by molar-refractivity contribution is 0.834. The predicted octanol–water partition coefficient (Wildman–Crippen LogP) is 2.74. The van der Waals surface area contributed by atoms with E-state index in [1.54, 1.807) is 0 Å². The summed E-state index contributed by atoms with van der Waals surface area (Å²) in [4.78, 5) is 0. The maximum Gasteiger partial charge on any atom is 0.00443 e. The highest BCUT2D eigenvalue weighted by Gasteiger charge is 1.99. The topological polar surface area (TPSA) is 0 Å². The van der Waals surface area contributed by atoms with Gasteiger partial charge in [0.1, 0.15) is 0 Å². The molecule has 0 rings (SSSR count). The van der Waals surface area contributed by atoms with E-state index in [0.717, 1.165) is 11.7 Å². The zero-order valence-electron chi connectivity index (χ0n) is 5.81. The van der Waals surface area contributed by atoms with Gasteiger partial charge in [-0.1, -0.05) is 20.8 Å². The lowest BCUT2D eigenvalue weighted by Gasteiger charge is -2.08. The first-order valence-electron chi connectivity index (χ1n) is 3.26. The Morgan fingerprint density at radius 1 is 1.50 bits per heavy atom. The van der Waals surface area contributed by atoms with Crippen molar-refractivity contribution in [2.24, 2.45) is 0 Å². The van der Waals surface area contributed by atoms with Gasteiger partial charge >= 0.3 is 0 Å². The summed E-state index contributed by atoms with van der Waals surface area (Å²) in [6, 6.07) is 0. The lowest BCUT2D eigenvalue weighted by Crippen LogP contribution is -1.97. The lowest BCUT2D eigenvalue weighted by atomic mass is 10.3. The van der Waals surface area contributed by atoms with E-state index in [1.165, 1.54) is 12.2 Å². The van der Waals surface area contributed by atoms with E-state index in [9.17, 15) is 0 Å². The third-order valence-corrected chi connectivity index (χ3v) is 2.55. The van der Waals surface area contributed by atoms with Crippen LogP contribution in [0.4, 0.5) is 0 Å². The highest BCUT2D eigenvalue weighted by atomic mass is 32.2. The quantitative estimate of drug-likeness (QED) is 0.565. The average molecular weight is 131 g/mol. The minimum absolute atomic E-state index is 0.806. The maximum atomic E-state index is 3.85. The number of thioether (sulfide) groups is 1. The van der Waals surface area contributed by atoms with Crippen molar-refractivity contribution in [3.8, 4) is 0 Å². The molecule has 0 aliphatic heterocycles. The van der Waals surface area contributed by atoms with Crippen LogP contribution in [0.5, 0.6) is 0 Å². The van der Waals surface area contributed by atoms with E-state index in [1.807, 2.05) is 11.8 Å². The Bertz CT molecular complexity index is 39.7. The van der Waals surface area contributed by atoms with Crippen LogP contribution in [-0.4, -0.2) is 11.0 Å². The van der Waals surface area contributed by atoms with Crippen molar-refractivity contribution in [1.29, 1.82) is 0 Å². The van der Waals surface area contributed by atoms with Crippen molar-refractivity contribution < 1.29 is 0 Å². The maximum absolute atomic E-state index is 3.85. The molecule has 0 aromatic heterocycles. The molecule has 0 aliphatic rings. The minimum atomic E-state index is 0.806. The molecule has 0 bridgehead atoms. The van der Waals surface area contributed by atoms with Crippen molar-refractivity contribution in [1.82, 2.24) is 0 Å². The van der Waals surface area contributed by atoms with Crippen LogP contribution in [0.15, 0.2) is 0 Å². The summed E-state index contributed by atoms with van der Waals surface area (Å²) in [6.07, 6.45) is 2.34. The van der Waals surface area contributed by atoms with E-state index in [4.69, 9.17) is 0 Å². The third kappa shape index (κ3) is 3.36. The van der Waals surface area contributed by atoms with E-state index in [-0.39, 0.29) is 0 Å². The number of rotatable bonds is 4. The molecule has 0 saturated carbocycles. The Balaban J connectivity index is 3.07. The first-order valence-corrected chi connectivity index (χ1v) is 4.30. The molecule has 0 nitrogen and oxygen atoms in total. The highest BCUT2D eigenvalue weighted by molar-refractivity contribution is 7.99. The Morgan fingerprint density at radius 3 is 2.25 bits per heavy atom. The molecule has 1 unspecified atom stereocenters. The second-order valence-corrected chi connectivity index (χ2v) is 3.35. The predicted molar refractivity (Wildman–Crippen MR) is 42.2 cm³/mol. The standard InChI is InChI=1S/C7H15S/c1-4-7(5-2)8-6-3/h7H,1,4-6H2,2-3H3. The van der Waals surface area contributed by atoms with Gasteiger partial charge in [0.25, 0.3) is 0 Å². The fourth-order valence-electron chi connectivity index (χ4n) is 0.641. The van der Waals surface area contributed by atoms with E-state index < -0.39 is 0 Å². The molecule has 49 valence electrons. The molecule has 0 N–H and O–H groups in total. The Morgan fingerprint density at radius 2 is 2.12 bits per heavy atom. The molecule has 0 aliphatic carbocycles. The Labute approximate surface area is 57.1 Å². The van der Waals surface area contributed by atoms with Crippen LogP contribution in [0.1, 0.15) is 26.7 Å². The second-order valence-electron chi connectivity index (χ2n) is 1.77. The van der Waals surface area contributed by atoms with Crippen LogP contribution in [0.2, 0.25) is 0 Å². The monoisotopic (exact) mass is 131 g/mol. The summed E-state index contributed by atoms with van der Waals surface area (Å²) < 4.78 is 0. The minimum Gasteiger partial charge on any atom is -0.159 e. The fraction of sp³-hybridized carbons (Fsp3) is 0.857. The van der Waals surface area contributed by atoms with Gasteiger partial charge in [0.05, 0.1) is 0 Å². The third-order valence-electron chi connectivity index (χ3n) is 1.18. The van der Waals surface area contributed by atoms with Gasteiger partial charge in [-0.2, -0.15) is 11.8 Å². The van der Waals surface area contributed by atoms with Crippen LogP contribution < -0.4 is 0 Å². The zero-order valence-corrected chi connectivity index (χ0v) is 6.63. The van der Waals surface area contributed by atoms with E-state index >= 15 is 0 Å². The molecule has 0 heterocycles. The molecule has 8 heavy (non-hydrogen) atoms. The fourth-order valence-corrected chi connectivity index (χ4v) is 1.51. The summed E-state index contributed by atoms with van der Waals surface area (Å²) in [5, 5.41) is 0.806. The molecule has 0 amide bonds. The summed E-state index contributed by atoms with van der Waals surface area (Å²) in [5.74, 6) is 1.23. The second kappa shape index (κ2) is 5.49. The van der Waals surface area contributed by atoms with Gasteiger partial charge in [-0.15, -0.1) is 0 Å². The van der Waals surface area contributed by atoms with Gasteiger partial charge in [0.15, 0.2) is 0 Å². The van der Waals surface area contributed by atoms with Crippen molar-refractivity contribution >= 4 is 11.8 Å². The van der Waals surface area contributed by atoms with Gasteiger partial charge in [0.2, 0.25) is 0 Å². The summed E-state index contributed by atoms with van der Waals surface area (Å²) in [6.45, 7) is 8.27. The van der Waals surface area contributed by atoms with Crippen molar-refractivity contribution in [3.63, 3.8) is 0 Å². The van der Waals surface area contributed by atoms with Gasteiger partial charge in [-0.05, 0) is 18.6 Å². The van der Waals surface area contributed by atoms with Crippen LogP contribution in [-0.2, 0) is 0 Å². The molecule has 0 aromatic rings. The molecule has 1 heteroatoms. The molecule has 0 spiro atoms. The largest absolute Gasteiger partial charge is 0.159 e. The van der Waals surface area contributed by atoms with Crippen LogP contribution in [0, 0.1) is 6.92 Å². The molecule has 1 atom stereocenters. The van der Waals surface area contributed by atoms with Crippen molar-refractivity contribution in [2.75, 3.05) is 5.75 Å². The smallest absolute Gasteiger partial charge is 0.00443 e. The van der Waals surface area contributed by atoms with Crippen LogP contribution in [0.3, 0.4) is 0 Å². The highest BCUT2D eigenvalue weighted by Crippen LogP contribution is 2.15. The molecular weight excluding hydrogens is 116 g/mol. The van der Waals surface area contributed by atoms with Gasteiger partial charge < -0.3 is 0 Å². The van der Waals surface area contributed by atoms with Crippen LogP contribution >= 0.6 is 11.8 Å². The molecular formula is C7H15S. The summed E-state index contributed by atoms with van der Waals surface area (Å²) >= 11 is 2.01. The first kappa shape index (κ1) is 8.35. The normalized spacial score (nSPS) is 10.5. The zero-order chi connectivity index (χ0) is 6.41. The molecule has 1 radical (unpaired) electrons. The number of hydrogen-bond acceptors (Lipinski definition) is 1. The molecule has 0 aromatic carbocycles. The number of hydrogen-bond donors (Lipinski definition) is 0. The Hall–Kier alpha value is 0.350. The van der Waals surface area contributed by atoms with Crippen LogP contribution in [0.25, 0.3) is 0 Å². The van der Waals surface area contributed by atoms with Gasteiger partial charge in [-0.25, -0.2) is 0 Å². The molecule has 0 fully saturated rings. The SMILES string of the molecule is [CH2]CC(CC)SCC. The average Bonchev–Trinajstić information content (AvgIpc) is 1.83. The summed E-state index contributed by atoms with van der Waals surface area (Å²) in [7, 11) is 0. The van der Waals surface area contributed by atoms with E-state index in [0.29, 0.717) is 0 Å². The van der Waals surface area contributed by atoms with Gasteiger partial charge in [0, 0.05) is 5.25 Å². The molecule has 0 saturated heterocycles. The van der Waals surface area contributed by atoms with Gasteiger partial charge in [-0.3, -0.25) is 0 Å².